The molecule has 0 aromatic heterocycles. The van der Waals surface area contributed by atoms with E-state index in [0.29, 0.717) is 35.2 Å². The molecule has 154 valence electrons. The molecule has 2 heterocycles. The van der Waals surface area contributed by atoms with Gasteiger partial charge in [0.05, 0.1) is 5.92 Å². The van der Waals surface area contributed by atoms with E-state index in [0.717, 1.165) is 16.7 Å². The minimum atomic E-state index is -0.408. The topological polar surface area (TPSA) is 86.7 Å². The summed E-state index contributed by atoms with van der Waals surface area (Å²) in [4.78, 5) is 0. The Bertz CT molecular complexity index is 1210. The average Bonchev–Trinajstić information content (AvgIpc) is 3.24. The number of nitriles is 1. The van der Waals surface area contributed by atoms with Gasteiger partial charge in [-0.3, -0.25) is 0 Å². The van der Waals surface area contributed by atoms with Crippen LogP contribution < -0.4 is 24.7 Å². The van der Waals surface area contributed by atoms with Crippen LogP contribution in [0.25, 0.3) is 0 Å². The minimum Gasteiger partial charge on any atom is -0.489 e. The van der Waals surface area contributed by atoms with Gasteiger partial charge in [0.1, 0.15) is 35.6 Å². The Morgan fingerprint density at radius 1 is 1.00 bits per heavy atom. The molecule has 1 atom stereocenters. The van der Waals surface area contributed by atoms with E-state index in [2.05, 4.69) is 6.07 Å². The van der Waals surface area contributed by atoms with Gasteiger partial charge in [0.25, 0.3) is 0 Å². The highest BCUT2D eigenvalue weighted by molar-refractivity contribution is 5.61. The fourth-order valence-electron chi connectivity index (χ4n) is 3.69. The molecule has 3 aromatic rings. The normalized spacial score (nSPS) is 16.3. The lowest BCUT2D eigenvalue weighted by molar-refractivity contribution is 0.174. The number of ether oxygens (including phenoxy) is 4. The van der Waals surface area contributed by atoms with Gasteiger partial charge in [-0.25, -0.2) is 4.39 Å². The molecule has 7 heteroatoms. The van der Waals surface area contributed by atoms with Gasteiger partial charge in [-0.05, 0) is 41.5 Å². The predicted octanol–water partition coefficient (Wildman–Crippen LogP) is 4.35. The van der Waals surface area contributed by atoms with Crippen molar-refractivity contribution < 1.29 is 23.3 Å². The summed E-state index contributed by atoms with van der Waals surface area (Å²) in [5.41, 5.74) is 8.86. The highest BCUT2D eigenvalue weighted by Gasteiger charge is 2.33. The minimum absolute atomic E-state index is 0.0653. The summed E-state index contributed by atoms with van der Waals surface area (Å²) < 4.78 is 35.4. The van der Waals surface area contributed by atoms with E-state index in [4.69, 9.17) is 24.7 Å². The predicted molar refractivity (Wildman–Crippen MR) is 109 cm³/mol. The third-order valence-electron chi connectivity index (χ3n) is 5.24. The molecule has 2 N–H and O–H groups in total. The molecule has 2 aliphatic heterocycles. The smallest absolute Gasteiger partial charge is 0.231 e. The molecule has 31 heavy (non-hydrogen) atoms. The number of rotatable bonds is 4. The van der Waals surface area contributed by atoms with Crippen LogP contribution in [0.1, 0.15) is 22.6 Å². The third kappa shape index (κ3) is 3.49. The largest absolute Gasteiger partial charge is 0.489 e. The van der Waals surface area contributed by atoms with Crippen LogP contribution in [0.4, 0.5) is 4.39 Å². The van der Waals surface area contributed by atoms with E-state index in [1.807, 2.05) is 30.3 Å². The molecule has 2 aliphatic rings. The Morgan fingerprint density at radius 2 is 1.71 bits per heavy atom. The summed E-state index contributed by atoms with van der Waals surface area (Å²) in [5, 5.41) is 9.72. The molecule has 3 aromatic carbocycles. The van der Waals surface area contributed by atoms with E-state index in [1.54, 1.807) is 18.2 Å². The molecule has 0 bridgehead atoms. The van der Waals surface area contributed by atoms with E-state index < -0.39 is 5.92 Å². The first kappa shape index (κ1) is 18.8. The monoisotopic (exact) mass is 416 g/mol. The Morgan fingerprint density at radius 3 is 2.42 bits per heavy atom. The molecule has 0 radical (unpaired) electrons. The summed E-state index contributed by atoms with van der Waals surface area (Å²) in [5.74, 6) is 1.74. The van der Waals surface area contributed by atoms with Crippen LogP contribution in [-0.2, 0) is 6.61 Å². The Labute approximate surface area is 177 Å². The summed E-state index contributed by atoms with van der Waals surface area (Å²) in [6.07, 6.45) is 0. The number of benzene rings is 3. The molecule has 6 nitrogen and oxygen atoms in total. The second-order valence-corrected chi connectivity index (χ2v) is 7.15. The van der Waals surface area contributed by atoms with Crippen LogP contribution in [0.2, 0.25) is 0 Å². The van der Waals surface area contributed by atoms with Crippen LogP contribution in [0.3, 0.4) is 0 Å². The summed E-state index contributed by atoms with van der Waals surface area (Å²) >= 11 is 0. The van der Waals surface area contributed by atoms with Gasteiger partial charge in [0, 0.05) is 11.6 Å². The fraction of sp³-hybridized carbons (Fsp3) is 0.125. The summed E-state index contributed by atoms with van der Waals surface area (Å²) in [6.45, 7) is 0.455. The van der Waals surface area contributed by atoms with Crippen LogP contribution in [0.15, 0.2) is 72.1 Å². The van der Waals surface area contributed by atoms with Crippen LogP contribution in [-0.4, -0.2) is 6.79 Å². The van der Waals surface area contributed by atoms with Crippen LogP contribution in [0.5, 0.6) is 23.0 Å². The number of halogens is 1. The Balaban J connectivity index is 1.43. The van der Waals surface area contributed by atoms with Crippen molar-refractivity contribution in [3.8, 4) is 29.1 Å². The van der Waals surface area contributed by atoms with Crippen LogP contribution in [0, 0.1) is 17.1 Å². The maximum absolute atomic E-state index is 13.0. The van der Waals surface area contributed by atoms with Crippen molar-refractivity contribution in [2.75, 3.05) is 6.79 Å². The lowest BCUT2D eigenvalue weighted by Gasteiger charge is -2.26. The van der Waals surface area contributed by atoms with Gasteiger partial charge in [-0.15, -0.1) is 0 Å². The molecule has 0 spiro atoms. The second kappa shape index (κ2) is 7.58. The zero-order valence-electron chi connectivity index (χ0n) is 16.3. The van der Waals surface area contributed by atoms with Gasteiger partial charge in [-0.2, -0.15) is 5.26 Å². The molecule has 0 fully saturated rings. The molecule has 0 aliphatic carbocycles. The maximum atomic E-state index is 13.0. The number of nitrogens with zero attached hydrogens (tertiary/aromatic N) is 1. The van der Waals surface area contributed by atoms with Gasteiger partial charge in [0.15, 0.2) is 11.5 Å². The van der Waals surface area contributed by atoms with Crippen molar-refractivity contribution in [2.45, 2.75) is 12.5 Å². The molecule has 0 unspecified atom stereocenters. The maximum Gasteiger partial charge on any atom is 0.231 e. The number of nitrogens with two attached hydrogens (primary N) is 1. The Hall–Kier alpha value is -4.18. The van der Waals surface area contributed by atoms with Crippen molar-refractivity contribution in [1.29, 1.82) is 5.26 Å². The first-order valence-electron chi connectivity index (χ1n) is 9.60. The van der Waals surface area contributed by atoms with Crippen molar-refractivity contribution in [1.82, 2.24) is 0 Å². The third-order valence-corrected chi connectivity index (χ3v) is 5.24. The first-order chi connectivity index (χ1) is 15.1. The van der Waals surface area contributed by atoms with Crippen LogP contribution >= 0.6 is 0 Å². The van der Waals surface area contributed by atoms with Gasteiger partial charge >= 0.3 is 0 Å². The van der Waals surface area contributed by atoms with Gasteiger partial charge in [0.2, 0.25) is 12.7 Å². The van der Waals surface area contributed by atoms with E-state index in [-0.39, 0.29) is 18.5 Å². The van der Waals surface area contributed by atoms with E-state index >= 15 is 0 Å². The van der Waals surface area contributed by atoms with E-state index in [1.165, 1.54) is 12.1 Å². The average molecular weight is 416 g/mol. The lowest BCUT2D eigenvalue weighted by Crippen LogP contribution is -2.21. The van der Waals surface area contributed by atoms with E-state index in [9.17, 15) is 9.65 Å². The Kier molecular flexibility index (Phi) is 4.60. The highest BCUT2D eigenvalue weighted by atomic mass is 19.1. The highest BCUT2D eigenvalue weighted by Crippen LogP contribution is 2.47. The number of hydrogen-bond donors (Lipinski definition) is 1. The molecule has 0 amide bonds. The van der Waals surface area contributed by atoms with Crippen molar-refractivity contribution in [3.05, 3.63) is 94.6 Å². The molecular weight excluding hydrogens is 399 g/mol. The SMILES string of the molecule is N#CC1=C(N)Oc2cc3c(cc2[C@@H]1c1ccc(OCc2ccc(F)cc2)cc1)OCO3. The van der Waals surface area contributed by atoms with Crippen molar-refractivity contribution in [3.63, 3.8) is 0 Å². The fourth-order valence-corrected chi connectivity index (χ4v) is 3.69. The summed E-state index contributed by atoms with van der Waals surface area (Å²) in [6, 6.07) is 19.3. The standard InChI is InChI=1S/C24H17FN2O4/c25-16-5-1-14(2-6-16)12-28-17-7-3-15(4-8-17)23-18-9-21-22(30-13-29-21)10-20(18)31-24(27)19(23)11-26/h1-10,23H,12-13,27H2/t23-/m0/s1. The second-order valence-electron chi connectivity index (χ2n) is 7.15. The van der Waals surface area contributed by atoms with Crippen molar-refractivity contribution in [2.24, 2.45) is 5.73 Å². The van der Waals surface area contributed by atoms with Gasteiger partial charge < -0.3 is 24.7 Å². The number of fused-ring (bicyclic) bond motifs is 2. The number of allylic oxidation sites excluding steroid dienone is 1. The first-order valence-corrected chi connectivity index (χ1v) is 9.60. The molecule has 5 rings (SSSR count). The number of hydrogen-bond acceptors (Lipinski definition) is 6. The zero-order valence-corrected chi connectivity index (χ0v) is 16.3. The molecule has 0 saturated heterocycles. The van der Waals surface area contributed by atoms with Gasteiger partial charge in [-0.1, -0.05) is 24.3 Å². The summed E-state index contributed by atoms with van der Waals surface area (Å²) in [7, 11) is 0. The zero-order chi connectivity index (χ0) is 21.4. The van der Waals surface area contributed by atoms with Crippen molar-refractivity contribution >= 4 is 0 Å². The lowest BCUT2D eigenvalue weighted by atomic mass is 9.83. The molecular formula is C24H17FN2O4. The molecule has 0 saturated carbocycles. The quantitative estimate of drug-likeness (QED) is 0.680.